The van der Waals surface area contributed by atoms with Gasteiger partial charge in [-0.3, -0.25) is 18.3 Å². The number of hydrogen-bond acceptors (Lipinski definition) is 6. The summed E-state index contributed by atoms with van der Waals surface area (Å²) in [7, 11) is 1.66. The molecule has 2 N–H and O–H groups in total. The highest BCUT2D eigenvalue weighted by Crippen LogP contribution is 2.23. The number of rotatable bonds is 4. The molecule has 5 heterocycles. The lowest BCUT2D eigenvalue weighted by molar-refractivity contribution is 0.494. The summed E-state index contributed by atoms with van der Waals surface area (Å²) >= 11 is 0. The number of aryl methyl sites for hydroxylation is 2. The maximum atomic E-state index is 13.7. The monoisotopic (exact) mass is 472 g/mol. The summed E-state index contributed by atoms with van der Waals surface area (Å²) in [6, 6.07) is 12.1. The summed E-state index contributed by atoms with van der Waals surface area (Å²) in [5.41, 5.74) is 8.70. The molecule has 1 unspecified atom stereocenters. The number of imidazole rings is 2. The van der Waals surface area contributed by atoms with Crippen molar-refractivity contribution >= 4 is 33.7 Å². The molecular formula is C25H28N8O2. The van der Waals surface area contributed by atoms with E-state index in [0.717, 1.165) is 35.9 Å². The van der Waals surface area contributed by atoms with Crippen LogP contribution in [0.15, 0.2) is 52.2 Å². The van der Waals surface area contributed by atoms with E-state index in [2.05, 4.69) is 4.90 Å². The summed E-state index contributed by atoms with van der Waals surface area (Å²) in [6.07, 6.45) is 3.84. The van der Waals surface area contributed by atoms with E-state index >= 15 is 0 Å². The van der Waals surface area contributed by atoms with Crippen LogP contribution in [-0.4, -0.2) is 47.2 Å². The van der Waals surface area contributed by atoms with Crippen LogP contribution >= 0.6 is 0 Å². The first kappa shape index (κ1) is 21.6. The second-order valence-corrected chi connectivity index (χ2v) is 9.26. The Hall–Kier alpha value is -3.92. The van der Waals surface area contributed by atoms with Gasteiger partial charge in [0.15, 0.2) is 11.2 Å². The van der Waals surface area contributed by atoms with Crippen molar-refractivity contribution in [3.8, 4) is 0 Å². The van der Waals surface area contributed by atoms with Gasteiger partial charge in [0.2, 0.25) is 5.95 Å². The van der Waals surface area contributed by atoms with Crippen LogP contribution < -0.4 is 21.9 Å². The minimum absolute atomic E-state index is 0.0699. The van der Waals surface area contributed by atoms with E-state index < -0.39 is 5.69 Å². The first-order valence-corrected chi connectivity index (χ1v) is 12.0. The second kappa shape index (κ2) is 8.09. The van der Waals surface area contributed by atoms with E-state index in [1.807, 2.05) is 58.5 Å². The largest absolute Gasteiger partial charge is 0.341 e. The van der Waals surface area contributed by atoms with Gasteiger partial charge in [-0.2, -0.15) is 4.98 Å². The zero-order valence-corrected chi connectivity index (χ0v) is 19.9. The van der Waals surface area contributed by atoms with Crippen molar-refractivity contribution in [3.63, 3.8) is 0 Å². The first-order valence-electron chi connectivity index (χ1n) is 12.0. The van der Waals surface area contributed by atoms with Crippen molar-refractivity contribution < 1.29 is 0 Å². The van der Waals surface area contributed by atoms with Gasteiger partial charge in [0, 0.05) is 38.9 Å². The molecule has 4 aromatic heterocycles. The van der Waals surface area contributed by atoms with E-state index in [4.69, 9.17) is 15.7 Å². The van der Waals surface area contributed by atoms with Gasteiger partial charge in [0.25, 0.3) is 5.56 Å². The number of piperidine rings is 1. The maximum Gasteiger partial charge on any atom is 0.332 e. The van der Waals surface area contributed by atoms with Gasteiger partial charge >= 0.3 is 5.69 Å². The van der Waals surface area contributed by atoms with Gasteiger partial charge in [0.05, 0.1) is 17.8 Å². The molecular weight excluding hydrogens is 444 g/mol. The lowest BCUT2D eigenvalue weighted by atomic mass is 10.1. The number of nitrogens with two attached hydrogens (primary N) is 1. The van der Waals surface area contributed by atoms with Crippen LogP contribution in [0.2, 0.25) is 0 Å². The fourth-order valence-corrected chi connectivity index (χ4v) is 5.24. The number of nitrogens with zero attached hydrogens (tertiary/aromatic N) is 7. The lowest BCUT2D eigenvalue weighted by Gasteiger charge is -2.31. The Kier molecular flexibility index (Phi) is 4.99. The van der Waals surface area contributed by atoms with Crippen LogP contribution in [0.3, 0.4) is 0 Å². The Morgan fingerprint density at radius 2 is 1.91 bits per heavy atom. The lowest BCUT2D eigenvalue weighted by Crippen LogP contribution is -2.44. The van der Waals surface area contributed by atoms with Crippen LogP contribution in [-0.2, 0) is 20.1 Å². The van der Waals surface area contributed by atoms with Crippen molar-refractivity contribution in [2.75, 3.05) is 18.0 Å². The Labute approximate surface area is 200 Å². The van der Waals surface area contributed by atoms with E-state index in [9.17, 15) is 9.59 Å². The predicted molar refractivity (Wildman–Crippen MR) is 136 cm³/mol. The highest BCUT2D eigenvalue weighted by Gasteiger charge is 2.26. The molecule has 1 aliphatic heterocycles. The standard InChI is InChI=1S/C25H28N8O2/c1-3-31-21-22(28-24(31)30-12-6-8-17(26)13-30)29(2)25(35)33(23(21)34)15-18-14-32-19-9-5-4-7-16(19)10-11-20(32)27-18/h4-5,7,9-11,14,17H,3,6,8,12-13,15,26H2,1-2H3. The SMILES string of the molecule is CCn1c(N2CCCC(N)C2)nc2c1c(=O)n(Cc1cn3c(ccc4ccccc43)n1)c(=O)n2C. The number of aromatic nitrogens is 6. The van der Waals surface area contributed by atoms with Crippen molar-refractivity contribution in [1.29, 1.82) is 0 Å². The van der Waals surface area contributed by atoms with Crippen LogP contribution in [0.1, 0.15) is 25.5 Å². The molecule has 180 valence electrons. The predicted octanol–water partition coefficient (Wildman–Crippen LogP) is 1.69. The molecule has 0 saturated carbocycles. The van der Waals surface area contributed by atoms with Gasteiger partial charge in [0.1, 0.15) is 5.65 Å². The number of para-hydroxylation sites is 1. The highest BCUT2D eigenvalue weighted by atomic mass is 16.2. The van der Waals surface area contributed by atoms with Crippen molar-refractivity contribution in [1.82, 2.24) is 28.1 Å². The number of benzene rings is 1. The van der Waals surface area contributed by atoms with Gasteiger partial charge in [-0.15, -0.1) is 0 Å². The average Bonchev–Trinajstić information content (AvgIpc) is 3.47. The molecule has 0 radical (unpaired) electrons. The second-order valence-electron chi connectivity index (χ2n) is 9.26. The molecule has 0 aliphatic carbocycles. The summed E-state index contributed by atoms with van der Waals surface area (Å²) in [5, 5.41) is 1.09. The summed E-state index contributed by atoms with van der Waals surface area (Å²) < 4.78 is 6.61. The normalized spacial score (nSPS) is 16.7. The molecule has 0 amide bonds. The minimum atomic E-state index is -0.410. The van der Waals surface area contributed by atoms with E-state index in [1.54, 1.807) is 7.05 Å². The van der Waals surface area contributed by atoms with Crippen molar-refractivity contribution in [3.05, 3.63) is 69.1 Å². The molecule has 0 spiro atoms. The molecule has 10 nitrogen and oxygen atoms in total. The molecule has 5 aromatic rings. The zero-order chi connectivity index (χ0) is 24.3. The molecule has 1 atom stereocenters. The van der Waals surface area contributed by atoms with E-state index in [1.165, 1.54) is 9.13 Å². The van der Waals surface area contributed by atoms with Gasteiger partial charge in [-0.25, -0.2) is 9.78 Å². The van der Waals surface area contributed by atoms with E-state index in [0.29, 0.717) is 35.9 Å². The van der Waals surface area contributed by atoms with Crippen LogP contribution in [0.4, 0.5) is 5.95 Å². The Bertz CT molecular complexity index is 1710. The third-order valence-electron chi connectivity index (χ3n) is 6.98. The number of fused-ring (bicyclic) bond motifs is 4. The highest BCUT2D eigenvalue weighted by molar-refractivity contribution is 5.82. The number of pyridine rings is 1. The topological polar surface area (TPSA) is 108 Å². The number of anilines is 1. The Morgan fingerprint density at radius 1 is 1.09 bits per heavy atom. The average molecular weight is 473 g/mol. The van der Waals surface area contributed by atoms with Gasteiger partial charge < -0.3 is 15.2 Å². The molecule has 6 rings (SSSR count). The fraction of sp³-hybridized carbons (Fsp3) is 0.360. The molecule has 1 aromatic carbocycles. The third kappa shape index (κ3) is 3.35. The minimum Gasteiger partial charge on any atom is -0.341 e. The summed E-state index contributed by atoms with van der Waals surface area (Å²) in [6.45, 7) is 4.13. The quantitative estimate of drug-likeness (QED) is 0.427. The van der Waals surface area contributed by atoms with E-state index in [-0.39, 0.29) is 18.1 Å². The molecule has 10 heteroatoms. The molecule has 1 aliphatic rings. The van der Waals surface area contributed by atoms with Crippen molar-refractivity contribution in [2.24, 2.45) is 12.8 Å². The van der Waals surface area contributed by atoms with Gasteiger partial charge in [-0.1, -0.05) is 18.2 Å². The molecule has 1 fully saturated rings. The molecule has 0 bridgehead atoms. The first-order chi connectivity index (χ1) is 17.0. The zero-order valence-electron chi connectivity index (χ0n) is 19.9. The maximum absolute atomic E-state index is 13.7. The van der Waals surface area contributed by atoms with Crippen LogP contribution in [0.25, 0.3) is 27.7 Å². The summed E-state index contributed by atoms with van der Waals surface area (Å²) in [4.78, 5) is 38.5. The Morgan fingerprint density at radius 3 is 2.71 bits per heavy atom. The van der Waals surface area contributed by atoms with Crippen LogP contribution in [0, 0.1) is 0 Å². The summed E-state index contributed by atoms with van der Waals surface area (Å²) in [5.74, 6) is 0.696. The number of hydrogen-bond donors (Lipinski definition) is 1. The smallest absolute Gasteiger partial charge is 0.332 e. The Balaban J connectivity index is 1.49. The molecule has 35 heavy (non-hydrogen) atoms. The van der Waals surface area contributed by atoms with Crippen LogP contribution in [0.5, 0.6) is 0 Å². The van der Waals surface area contributed by atoms with Crippen molar-refractivity contribution in [2.45, 2.75) is 38.9 Å². The fourth-order valence-electron chi connectivity index (χ4n) is 5.24. The molecule has 1 saturated heterocycles. The van der Waals surface area contributed by atoms with Gasteiger partial charge in [-0.05, 0) is 43.4 Å². The third-order valence-corrected chi connectivity index (χ3v) is 6.98.